The van der Waals surface area contributed by atoms with Crippen molar-refractivity contribution in [3.63, 3.8) is 0 Å². The molecular formula is C19H21N3O5. The minimum atomic E-state index is -0.920. The fraction of sp³-hybridized carbons (Fsp3) is 0.368. The molecule has 1 atom stereocenters. The van der Waals surface area contributed by atoms with Gasteiger partial charge >= 0.3 is 5.97 Å². The summed E-state index contributed by atoms with van der Waals surface area (Å²) in [6.07, 6.45) is 1.20. The Morgan fingerprint density at radius 2 is 2.07 bits per heavy atom. The van der Waals surface area contributed by atoms with Crippen LogP contribution in [0.15, 0.2) is 40.9 Å². The number of aryl methyl sites for hydroxylation is 2. The number of aromatic nitrogens is 1. The molecule has 1 N–H and O–H groups in total. The van der Waals surface area contributed by atoms with Crippen molar-refractivity contribution in [1.29, 1.82) is 0 Å². The molecule has 1 fully saturated rings. The van der Waals surface area contributed by atoms with Gasteiger partial charge in [-0.15, -0.1) is 0 Å². The molecule has 27 heavy (non-hydrogen) atoms. The maximum atomic E-state index is 12.8. The molecule has 2 amide bonds. The van der Waals surface area contributed by atoms with Crippen LogP contribution in [0.3, 0.4) is 0 Å². The molecular weight excluding hydrogens is 350 g/mol. The smallest absolute Gasteiger partial charge is 0.308 e. The third-order valence-electron chi connectivity index (χ3n) is 4.46. The molecule has 2 heterocycles. The van der Waals surface area contributed by atoms with E-state index in [1.807, 2.05) is 30.3 Å². The molecule has 8 nitrogen and oxygen atoms in total. The van der Waals surface area contributed by atoms with Crippen LogP contribution in [-0.4, -0.2) is 54.1 Å². The van der Waals surface area contributed by atoms with E-state index in [-0.39, 0.29) is 24.6 Å². The molecule has 0 radical (unpaired) electrons. The van der Waals surface area contributed by atoms with E-state index in [1.165, 1.54) is 17.6 Å². The van der Waals surface area contributed by atoms with Gasteiger partial charge in [-0.3, -0.25) is 14.4 Å². The third kappa shape index (κ3) is 4.52. The van der Waals surface area contributed by atoms with E-state index in [0.29, 0.717) is 18.7 Å². The lowest BCUT2D eigenvalue weighted by atomic mass is 10.1. The summed E-state index contributed by atoms with van der Waals surface area (Å²) in [5.74, 6) is -1.35. The number of carbonyl (C=O) groups excluding carboxylic acids is 3. The zero-order valence-electron chi connectivity index (χ0n) is 15.0. The number of piperazine rings is 1. The first-order chi connectivity index (χ1) is 13.1. The minimum absolute atomic E-state index is 0.0580. The number of esters is 1. The number of rotatable bonds is 6. The molecule has 1 aliphatic rings. The lowest BCUT2D eigenvalue weighted by Crippen LogP contribution is -2.57. The van der Waals surface area contributed by atoms with E-state index < -0.39 is 17.9 Å². The Labute approximate surface area is 156 Å². The Bertz CT molecular complexity index is 818. The van der Waals surface area contributed by atoms with Crippen LogP contribution >= 0.6 is 0 Å². The molecule has 1 aromatic carbocycles. The van der Waals surface area contributed by atoms with Crippen LogP contribution in [-0.2, 0) is 27.2 Å². The zero-order chi connectivity index (χ0) is 19.2. The number of ether oxygens (including phenoxy) is 1. The summed E-state index contributed by atoms with van der Waals surface area (Å²) in [7, 11) is 1.24. The van der Waals surface area contributed by atoms with Crippen molar-refractivity contribution >= 4 is 17.8 Å². The first kappa shape index (κ1) is 18.6. The molecule has 0 spiro atoms. The summed E-state index contributed by atoms with van der Waals surface area (Å²) in [4.78, 5) is 37.8. The Kier molecular flexibility index (Phi) is 5.85. The average Bonchev–Trinajstić information content (AvgIpc) is 3.17. The van der Waals surface area contributed by atoms with Gasteiger partial charge < -0.3 is 19.5 Å². The fourth-order valence-electron chi connectivity index (χ4n) is 2.99. The van der Waals surface area contributed by atoms with Crippen molar-refractivity contribution in [3.8, 4) is 0 Å². The molecule has 1 saturated heterocycles. The maximum absolute atomic E-state index is 12.8. The quantitative estimate of drug-likeness (QED) is 0.759. The fourth-order valence-corrected chi connectivity index (χ4v) is 2.99. The molecule has 0 unspecified atom stereocenters. The molecule has 3 rings (SSSR count). The summed E-state index contributed by atoms with van der Waals surface area (Å²) in [6.45, 7) is 0.601. The van der Waals surface area contributed by atoms with Crippen molar-refractivity contribution < 1.29 is 23.6 Å². The average molecular weight is 371 g/mol. The number of nitrogens with zero attached hydrogens (tertiary/aromatic N) is 2. The second-order valence-electron chi connectivity index (χ2n) is 6.25. The highest BCUT2D eigenvalue weighted by Gasteiger charge is 2.36. The topological polar surface area (TPSA) is 102 Å². The van der Waals surface area contributed by atoms with Gasteiger partial charge in [0, 0.05) is 19.2 Å². The van der Waals surface area contributed by atoms with Gasteiger partial charge in [-0.1, -0.05) is 35.5 Å². The highest BCUT2D eigenvalue weighted by molar-refractivity contribution is 5.97. The second kappa shape index (κ2) is 8.48. The molecule has 1 aliphatic heterocycles. The van der Waals surface area contributed by atoms with Crippen LogP contribution in [0, 0.1) is 0 Å². The standard InChI is InChI=1S/C19H21N3O5/c1-26-17(23)12-15-18(24)20-9-10-22(15)19(25)16-11-14(21-27-16)8-7-13-5-3-2-4-6-13/h2-6,11,15H,7-10,12H2,1H3,(H,20,24)/t15-/m0/s1. The van der Waals surface area contributed by atoms with Crippen LogP contribution in [0.2, 0.25) is 0 Å². The summed E-state index contributed by atoms with van der Waals surface area (Å²) in [6, 6.07) is 10.6. The molecule has 2 aromatic rings. The Morgan fingerprint density at radius 3 is 2.81 bits per heavy atom. The number of benzene rings is 1. The molecule has 0 saturated carbocycles. The lowest BCUT2D eigenvalue weighted by molar-refractivity contribution is -0.145. The molecule has 0 aliphatic carbocycles. The van der Waals surface area contributed by atoms with Gasteiger partial charge in [0.15, 0.2) is 0 Å². The van der Waals surface area contributed by atoms with Crippen LogP contribution < -0.4 is 5.32 Å². The highest BCUT2D eigenvalue weighted by Crippen LogP contribution is 2.16. The van der Waals surface area contributed by atoms with Gasteiger partial charge in [-0.05, 0) is 18.4 Å². The number of hydrogen-bond acceptors (Lipinski definition) is 6. The first-order valence-electron chi connectivity index (χ1n) is 8.73. The van der Waals surface area contributed by atoms with E-state index >= 15 is 0 Å². The zero-order valence-corrected chi connectivity index (χ0v) is 15.0. The van der Waals surface area contributed by atoms with Crippen LogP contribution in [0.25, 0.3) is 0 Å². The van der Waals surface area contributed by atoms with E-state index in [0.717, 1.165) is 6.42 Å². The SMILES string of the molecule is COC(=O)C[C@H]1C(=O)NCCN1C(=O)c1cc(CCc2ccccc2)no1. The van der Waals surface area contributed by atoms with Gasteiger partial charge in [0.1, 0.15) is 6.04 Å². The van der Waals surface area contributed by atoms with Crippen molar-refractivity contribution in [2.75, 3.05) is 20.2 Å². The summed E-state index contributed by atoms with van der Waals surface area (Å²) in [5.41, 5.74) is 1.83. The number of nitrogens with one attached hydrogen (secondary N) is 1. The summed E-state index contributed by atoms with van der Waals surface area (Å²) < 4.78 is 9.81. The van der Waals surface area contributed by atoms with E-state index in [2.05, 4.69) is 15.2 Å². The third-order valence-corrected chi connectivity index (χ3v) is 4.46. The van der Waals surface area contributed by atoms with Crippen LogP contribution in [0.4, 0.5) is 0 Å². The van der Waals surface area contributed by atoms with E-state index in [4.69, 9.17) is 4.52 Å². The van der Waals surface area contributed by atoms with Crippen LogP contribution in [0.1, 0.15) is 28.2 Å². The predicted octanol–water partition coefficient (Wildman–Crippen LogP) is 0.964. The Balaban J connectivity index is 1.68. The molecule has 1 aromatic heterocycles. The van der Waals surface area contributed by atoms with Crippen molar-refractivity contribution in [2.45, 2.75) is 25.3 Å². The van der Waals surface area contributed by atoms with Gasteiger partial charge in [-0.2, -0.15) is 0 Å². The second-order valence-corrected chi connectivity index (χ2v) is 6.25. The Morgan fingerprint density at radius 1 is 1.30 bits per heavy atom. The van der Waals surface area contributed by atoms with Crippen molar-refractivity contribution in [3.05, 3.63) is 53.4 Å². The Hall–Kier alpha value is -3.16. The first-order valence-corrected chi connectivity index (χ1v) is 8.73. The highest BCUT2D eigenvalue weighted by atomic mass is 16.5. The lowest BCUT2D eigenvalue weighted by Gasteiger charge is -2.33. The summed E-state index contributed by atoms with van der Waals surface area (Å²) in [5, 5.41) is 6.61. The maximum Gasteiger partial charge on any atom is 0.308 e. The number of carbonyl (C=O) groups is 3. The molecule has 142 valence electrons. The van der Waals surface area contributed by atoms with Gasteiger partial charge in [-0.25, -0.2) is 0 Å². The number of methoxy groups -OCH3 is 1. The van der Waals surface area contributed by atoms with Crippen molar-refractivity contribution in [2.24, 2.45) is 0 Å². The van der Waals surface area contributed by atoms with Crippen molar-refractivity contribution in [1.82, 2.24) is 15.4 Å². The number of amides is 2. The number of hydrogen-bond donors (Lipinski definition) is 1. The normalized spacial score (nSPS) is 16.7. The molecule has 0 bridgehead atoms. The predicted molar refractivity (Wildman–Crippen MR) is 94.8 cm³/mol. The largest absolute Gasteiger partial charge is 0.469 e. The summed E-state index contributed by atoms with van der Waals surface area (Å²) >= 11 is 0. The minimum Gasteiger partial charge on any atom is -0.469 e. The van der Waals surface area contributed by atoms with Gasteiger partial charge in [0.05, 0.1) is 19.2 Å². The van der Waals surface area contributed by atoms with Gasteiger partial charge in [0.25, 0.3) is 5.91 Å². The monoisotopic (exact) mass is 371 g/mol. The molecule has 8 heteroatoms. The van der Waals surface area contributed by atoms with E-state index in [9.17, 15) is 14.4 Å². The van der Waals surface area contributed by atoms with E-state index in [1.54, 1.807) is 6.07 Å². The van der Waals surface area contributed by atoms with Gasteiger partial charge in [0.2, 0.25) is 11.7 Å². The van der Waals surface area contributed by atoms with Crippen LogP contribution in [0.5, 0.6) is 0 Å².